The number of rotatable bonds is 9. The Hall–Kier alpha value is -3.48. The van der Waals surface area contributed by atoms with Crippen LogP contribution >= 0.6 is 0 Å². The highest BCUT2D eigenvalue weighted by Gasteiger charge is 2.10. The van der Waals surface area contributed by atoms with E-state index in [0.29, 0.717) is 37.2 Å². The predicted octanol–water partition coefficient (Wildman–Crippen LogP) is 3.54. The summed E-state index contributed by atoms with van der Waals surface area (Å²) in [5.74, 6) is 0.561. The molecule has 0 radical (unpaired) electrons. The number of benzene rings is 1. The van der Waals surface area contributed by atoms with Crippen molar-refractivity contribution in [1.82, 2.24) is 0 Å². The van der Waals surface area contributed by atoms with Gasteiger partial charge in [-0.1, -0.05) is 0 Å². The largest absolute Gasteiger partial charge is 0.496 e. The van der Waals surface area contributed by atoms with Crippen LogP contribution in [0, 0.1) is 45.3 Å². The minimum atomic E-state index is 0.00551. The van der Waals surface area contributed by atoms with Gasteiger partial charge in [-0.05, 0) is 31.1 Å². The third kappa shape index (κ3) is 6.26. The summed E-state index contributed by atoms with van der Waals surface area (Å²) in [7, 11) is 1.53. The normalized spacial score (nSPS) is 9.00. The monoisotopic (exact) mass is 333 g/mol. The molecule has 0 aliphatic heterocycles. The third-order valence-electron chi connectivity index (χ3n) is 3.56. The van der Waals surface area contributed by atoms with Gasteiger partial charge in [0.2, 0.25) is 0 Å². The topological polar surface area (TPSA) is 108 Å². The minimum Gasteiger partial charge on any atom is -0.496 e. The zero-order valence-electron chi connectivity index (χ0n) is 14.2. The van der Waals surface area contributed by atoms with Crippen LogP contribution in [0.3, 0.4) is 0 Å². The van der Waals surface area contributed by atoms with Gasteiger partial charge in [-0.2, -0.15) is 21.0 Å². The predicted molar refractivity (Wildman–Crippen MR) is 94.1 cm³/mol. The molecule has 6 nitrogen and oxygen atoms in total. The zero-order chi connectivity index (χ0) is 18.5. The first kappa shape index (κ1) is 19.6. The Bertz CT molecular complexity index is 735. The number of unbranched alkanes of at least 4 members (excludes halogenated alkanes) is 2. The Kier molecular flexibility index (Phi) is 8.70. The Morgan fingerprint density at radius 1 is 1.04 bits per heavy atom. The van der Waals surface area contributed by atoms with Crippen molar-refractivity contribution in [2.45, 2.75) is 25.7 Å². The highest BCUT2D eigenvalue weighted by atomic mass is 16.5. The first-order chi connectivity index (χ1) is 12.2. The van der Waals surface area contributed by atoms with Gasteiger partial charge in [0.05, 0.1) is 19.2 Å². The molecule has 0 saturated heterocycles. The number of nitriles is 4. The maximum absolute atomic E-state index is 8.89. The standard InChI is InChI=1S/C19H19N5O/c1-25-19-13-18(7-6-17(19)12-16(14-22)15-23)24(10-4-2-8-20)11-5-3-9-21/h6-7,12-13H,2-5,10-11H2,1H3. The fourth-order valence-corrected chi connectivity index (χ4v) is 2.33. The van der Waals surface area contributed by atoms with E-state index in [1.165, 1.54) is 13.2 Å². The van der Waals surface area contributed by atoms with E-state index in [1.54, 1.807) is 6.07 Å². The number of hydrogen-bond acceptors (Lipinski definition) is 6. The lowest BCUT2D eigenvalue weighted by Gasteiger charge is -2.25. The number of anilines is 1. The number of allylic oxidation sites excluding steroid dienone is 1. The maximum Gasteiger partial charge on any atom is 0.130 e. The van der Waals surface area contributed by atoms with Crippen LogP contribution in [0.1, 0.15) is 31.2 Å². The van der Waals surface area contributed by atoms with Crippen molar-refractivity contribution in [3.63, 3.8) is 0 Å². The average molecular weight is 333 g/mol. The van der Waals surface area contributed by atoms with Crippen LogP contribution < -0.4 is 9.64 Å². The van der Waals surface area contributed by atoms with Crippen LogP contribution in [0.5, 0.6) is 5.75 Å². The molecule has 0 amide bonds. The summed E-state index contributed by atoms with van der Waals surface area (Å²) in [5.41, 5.74) is 1.57. The van der Waals surface area contributed by atoms with Gasteiger partial charge in [0.1, 0.15) is 23.5 Å². The van der Waals surface area contributed by atoms with Crippen molar-refractivity contribution in [1.29, 1.82) is 21.0 Å². The van der Waals surface area contributed by atoms with Crippen molar-refractivity contribution in [2.24, 2.45) is 0 Å². The second-order valence-corrected chi connectivity index (χ2v) is 5.22. The third-order valence-corrected chi connectivity index (χ3v) is 3.56. The number of ether oxygens (including phenoxy) is 1. The SMILES string of the molecule is COc1cc(N(CCCC#N)CCCC#N)ccc1C=C(C#N)C#N. The van der Waals surface area contributed by atoms with Gasteiger partial charge < -0.3 is 9.64 Å². The van der Waals surface area contributed by atoms with Gasteiger partial charge >= 0.3 is 0 Å². The molecule has 1 rings (SSSR count). The maximum atomic E-state index is 8.89. The van der Waals surface area contributed by atoms with E-state index >= 15 is 0 Å². The highest BCUT2D eigenvalue weighted by Crippen LogP contribution is 2.28. The number of hydrogen-bond donors (Lipinski definition) is 0. The lowest BCUT2D eigenvalue weighted by molar-refractivity contribution is 0.414. The van der Waals surface area contributed by atoms with Crippen molar-refractivity contribution >= 4 is 11.8 Å². The van der Waals surface area contributed by atoms with Gasteiger partial charge in [0, 0.05) is 43.2 Å². The zero-order valence-corrected chi connectivity index (χ0v) is 14.2. The first-order valence-corrected chi connectivity index (χ1v) is 7.89. The van der Waals surface area contributed by atoms with Crippen LogP contribution in [0.2, 0.25) is 0 Å². The summed E-state index contributed by atoms with van der Waals surface area (Å²) < 4.78 is 5.38. The molecule has 0 aliphatic rings. The lowest BCUT2D eigenvalue weighted by Crippen LogP contribution is -2.25. The Morgan fingerprint density at radius 3 is 2.12 bits per heavy atom. The van der Waals surface area contributed by atoms with Crippen molar-refractivity contribution in [2.75, 3.05) is 25.1 Å². The Labute approximate surface area is 148 Å². The Morgan fingerprint density at radius 2 is 1.64 bits per heavy atom. The van der Waals surface area contributed by atoms with E-state index in [1.807, 2.05) is 24.3 Å². The van der Waals surface area contributed by atoms with E-state index in [4.69, 9.17) is 25.8 Å². The fourth-order valence-electron chi connectivity index (χ4n) is 2.33. The molecule has 0 aliphatic carbocycles. The van der Waals surface area contributed by atoms with E-state index in [9.17, 15) is 0 Å². The number of methoxy groups -OCH3 is 1. The van der Waals surface area contributed by atoms with Gasteiger partial charge in [-0.15, -0.1) is 0 Å². The van der Waals surface area contributed by atoms with E-state index in [-0.39, 0.29) is 5.57 Å². The molecule has 0 spiro atoms. The molecule has 0 unspecified atom stereocenters. The van der Waals surface area contributed by atoms with Crippen LogP contribution in [0.25, 0.3) is 6.08 Å². The van der Waals surface area contributed by atoms with Gasteiger partial charge in [0.25, 0.3) is 0 Å². The van der Waals surface area contributed by atoms with Crippen molar-refractivity contribution < 1.29 is 4.74 Å². The van der Waals surface area contributed by atoms with Gasteiger partial charge in [-0.3, -0.25) is 0 Å². The van der Waals surface area contributed by atoms with E-state index in [0.717, 1.165) is 18.5 Å². The summed E-state index contributed by atoms with van der Waals surface area (Å²) in [6.45, 7) is 1.41. The molecule has 6 heteroatoms. The molecule has 0 N–H and O–H groups in total. The molecular weight excluding hydrogens is 314 g/mol. The molecule has 0 heterocycles. The highest BCUT2D eigenvalue weighted by molar-refractivity contribution is 5.69. The lowest BCUT2D eigenvalue weighted by atomic mass is 10.1. The first-order valence-electron chi connectivity index (χ1n) is 7.89. The molecular formula is C19H19N5O. The molecule has 0 saturated carbocycles. The molecule has 0 atom stereocenters. The van der Waals surface area contributed by atoms with Crippen molar-refractivity contribution in [3.8, 4) is 30.0 Å². The van der Waals surface area contributed by atoms with E-state index < -0.39 is 0 Å². The molecule has 0 bridgehead atoms. The second-order valence-electron chi connectivity index (χ2n) is 5.22. The molecule has 0 fully saturated rings. The van der Waals surface area contributed by atoms with Crippen LogP contribution in [-0.2, 0) is 0 Å². The molecule has 25 heavy (non-hydrogen) atoms. The molecule has 1 aromatic rings. The molecule has 0 aromatic heterocycles. The van der Waals surface area contributed by atoms with Crippen LogP contribution in [0.4, 0.5) is 5.69 Å². The number of nitrogens with zero attached hydrogens (tertiary/aromatic N) is 5. The summed E-state index contributed by atoms with van der Waals surface area (Å²) in [6.07, 6.45) is 3.90. The quantitative estimate of drug-likeness (QED) is 0.505. The summed E-state index contributed by atoms with van der Waals surface area (Å²) in [5, 5.41) is 35.2. The van der Waals surface area contributed by atoms with Gasteiger partial charge in [-0.25, -0.2) is 0 Å². The smallest absolute Gasteiger partial charge is 0.130 e. The summed E-state index contributed by atoms with van der Waals surface area (Å²) in [6, 6.07) is 13.5. The summed E-state index contributed by atoms with van der Waals surface area (Å²) in [4.78, 5) is 2.11. The molecule has 1 aromatic carbocycles. The van der Waals surface area contributed by atoms with Gasteiger partial charge in [0.15, 0.2) is 0 Å². The minimum absolute atomic E-state index is 0.00551. The average Bonchev–Trinajstić information content (AvgIpc) is 2.65. The van der Waals surface area contributed by atoms with Crippen molar-refractivity contribution in [3.05, 3.63) is 29.3 Å². The van der Waals surface area contributed by atoms with Crippen LogP contribution in [0.15, 0.2) is 23.8 Å². The van der Waals surface area contributed by atoms with Crippen LogP contribution in [-0.4, -0.2) is 20.2 Å². The second kappa shape index (κ2) is 11.1. The Balaban J connectivity index is 3.08. The fraction of sp³-hybridized carbons (Fsp3) is 0.368. The molecule has 126 valence electrons. The summed E-state index contributed by atoms with van der Waals surface area (Å²) >= 11 is 0. The van der Waals surface area contributed by atoms with E-state index in [2.05, 4.69) is 17.0 Å².